The average molecular weight is 205 g/mol. The molecule has 0 N–H and O–H groups in total. The van der Waals surface area contributed by atoms with E-state index >= 15 is 0 Å². The molecular formula is C13H19NO. The molecule has 2 rings (SSSR count). The maximum absolute atomic E-state index is 11.9. The SMILES string of the molecule is CC1=C(C2CCN(C)CC2)C(=O)CC=C1. The molecule has 1 heterocycles. The predicted octanol–water partition coefficient (Wildman–Crippen LogP) is 2.17. The van der Waals surface area contributed by atoms with Gasteiger partial charge in [0, 0.05) is 12.0 Å². The van der Waals surface area contributed by atoms with Crippen LogP contribution in [0.15, 0.2) is 23.3 Å². The van der Waals surface area contributed by atoms with Crippen molar-refractivity contribution >= 4 is 5.78 Å². The van der Waals surface area contributed by atoms with Gasteiger partial charge in [0.15, 0.2) is 5.78 Å². The van der Waals surface area contributed by atoms with Gasteiger partial charge in [-0.05, 0) is 51.4 Å². The number of likely N-dealkylation sites (tertiary alicyclic amines) is 1. The number of ketones is 1. The monoisotopic (exact) mass is 205 g/mol. The summed E-state index contributed by atoms with van der Waals surface area (Å²) in [6.07, 6.45) is 6.98. The molecule has 0 unspecified atom stereocenters. The molecule has 0 atom stereocenters. The second-order valence-electron chi connectivity index (χ2n) is 4.70. The predicted molar refractivity (Wildman–Crippen MR) is 61.7 cm³/mol. The number of allylic oxidation sites excluding steroid dienone is 4. The first-order valence-electron chi connectivity index (χ1n) is 5.77. The fourth-order valence-electron chi connectivity index (χ4n) is 2.61. The van der Waals surface area contributed by atoms with E-state index in [9.17, 15) is 4.79 Å². The van der Waals surface area contributed by atoms with Crippen molar-refractivity contribution in [2.75, 3.05) is 20.1 Å². The first-order valence-corrected chi connectivity index (χ1v) is 5.77. The van der Waals surface area contributed by atoms with Crippen molar-refractivity contribution in [2.45, 2.75) is 26.2 Å². The lowest BCUT2D eigenvalue weighted by Crippen LogP contribution is -2.32. The fourth-order valence-corrected chi connectivity index (χ4v) is 2.61. The van der Waals surface area contributed by atoms with Crippen LogP contribution in [0.3, 0.4) is 0 Å². The van der Waals surface area contributed by atoms with Crippen LogP contribution in [0.2, 0.25) is 0 Å². The molecule has 2 nitrogen and oxygen atoms in total. The minimum Gasteiger partial charge on any atom is -0.306 e. The quantitative estimate of drug-likeness (QED) is 0.654. The van der Waals surface area contributed by atoms with Crippen molar-refractivity contribution in [1.82, 2.24) is 4.90 Å². The van der Waals surface area contributed by atoms with Gasteiger partial charge in [0.05, 0.1) is 0 Å². The van der Waals surface area contributed by atoms with Crippen LogP contribution in [0.1, 0.15) is 26.2 Å². The Morgan fingerprint density at radius 1 is 1.33 bits per heavy atom. The largest absolute Gasteiger partial charge is 0.306 e. The van der Waals surface area contributed by atoms with Crippen LogP contribution in [0.5, 0.6) is 0 Å². The molecule has 0 spiro atoms. The third-order valence-corrected chi connectivity index (χ3v) is 3.52. The lowest BCUT2D eigenvalue weighted by Gasteiger charge is -2.31. The second kappa shape index (κ2) is 4.31. The van der Waals surface area contributed by atoms with E-state index in [1.165, 1.54) is 5.57 Å². The molecule has 2 heteroatoms. The van der Waals surface area contributed by atoms with Crippen molar-refractivity contribution in [1.29, 1.82) is 0 Å². The van der Waals surface area contributed by atoms with Gasteiger partial charge in [0.2, 0.25) is 0 Å². The van der Waals surface area contributed by atoms with Crippen LogP contribution < -0.4 is 0 Å². The summed E-state index contributed by atoms with van der Waals surface area (Å²) in [4.78, 5) is 14.2. The summed E-state index contributed by atoms with van der Waals surface area (Å²) in [5.41, 5.74) is 2.31. The van der Waals surface area contributed by atoms with Crippen molar-refractivity contribution in [3.8, 4) is 0 Å². The summed E-state index contributed by atoms with van der Waals surface area (Å²) in [5.74, 6) is 0.864. The van der Waals surface area contributed by atoms with Gasteiger partial charge >= 0.3 is 0 Å². The van der Waals surface area contributed by atoms with Crippen LogP contribution in [0.25, 0.3) is 0 Å². The van der Waals surface area contributed by atoms with E-state index in [0.717, 1.165) is 31.5 Å². The number of carbonyl (C=O) groups is 1. The Labute approximate surface area is 91.6 Å². The third-order valence-electron chi connectivity index (χ3n) is 3.52. The van der Waals surface area contributed by atoms with Gasteiger partial charge in [-0.15, -0.1) is 0 Å². The van der Waals surface area contributed by atoms with Crippen molar-refractivity contribution in [3.05, 3.63) is 23.3 Å². The van der Waals surface area contributed by atoms with E-state index in [-0.39, 0.29) is 0 Å². The molecule has 1 aliphatic heterocycles. The van der Waals surface area contributed by atoms with Crippen LogP contribution in [0, 0.1) is 5.92 Å². The summed E-state index contributed by atoms with van der Waals surface area (Å²) >= 11 is 0. The van der Waals surface area contributed by atoms with Gasteiger partial charge in [-0.2, -0.15) is 0 Å². The zero-order valence-electron chi connectivity index (χ0n) is 9.62. The first-order chi connectivity index (χ1) is 7.18. The van der Waals surface area contributed by atoms with Gasteiger partial charge in [0.25, 0.3) is 0 Å². The highest BCUT2D eigenvalue weighted by Gasteiger charge is 2.26. The number of carbonyl (C=O) groups excluding carboxylic acids is 1. The molecule has 0 saturated carbocycles. The van der Waals surface area contributed by atoms with Crippen molar-refractivity contribution < 1.29 is 4.79 Å². The van der Waals surface area contributed by atoms with Gasteiger partial charge in [-0.25, -0.2) is 0 Å². The van der Waals surface area contributed by atoms with Crippen LogP contribution >= 0.6 is 0 Å². The molecule has 82 valence electrons. The van der Waals surface area contributed by atoms with Gasteiger partial charge in [-0.3, -0.25) is 4.79 Å². The van der Waals surface area contributed by atoms with Gasteiger partial charge in [0.1, 0.15) is 0 Å². The maximum Gasteiger partial charge on any atom is 0.163 e. The zero-order valence-corrected chi connectivity index (χ0v) is 9.62. The van der Waals surface area contributed by atoms with E-state index in [4.69, 9.17) is 0 Å². The summed E-state index contributed by atoms with van der Waals surface area (Å²) in [6.45, 7) is 4.32. The lowest BCUT2D eigenvalue weighted by molar-refractivity contribution is -0.115. The summed E-state index contributed by atoms with van der Waals surface area (Å²) in [7, 11) is 2.15. The van der Waals surface area contributed by atoms with Gasteiger partial charge in [-0.1, -0.05) is 12.2 Å². The minimum atomic E-state index is 0.351. The molecule has 0 aromatic rings. The minimum absolute atomic E-state index is 0.351. The molecular weight excluding hydrogens is 186 g/mol. The van der Waals surface area contributed by atoms with Crippen LogP contribution in [0.4, 0.5) is 0 Å². The molecule has 15 heavy (non-hydrogen) atoms. The number of hydrogen-bond acceptors (Lipinski definition) is 2. The standard InChI is InChI=1S/C13H19NO/c1-10-4-3-5-12(15)13(10)11-6-8-14(2)9-7-11/h3-4,11H,5-9H2,1-2H3. The molecule has 0 bridgehead atoms. The fraction of sp³-hybridized carbons (Fsp3) is 0.615. The number of piperidine rings is 1. The third kappa shape index (κ3) is 2.20. The number of Topliss-reactive ketones (excluding diaryl/α,β-unsaturated/α-hetero) is 1. The molecule has 0 amide bonds. The van der Waals surface area contributed by atoms with E-state index in [2.05, 4.69) is 24.9 Å². The molecule has 1 fully saturated rings. The molecule has 0 aromatic heterocycles. The Morgan fingerprint density at radius 2 is 2.00 bits per heavy atom. The van der Waals surface area contributed by atoms with E-state index in [0.29, 0.717) is 18.1 Å². The Kier molecular flexibility index (Phi) is 3.06. The van der Waals surface area contributed by atoms with Gasteiger partial charge < -0.3 is 4.90 Å². The number of nitrogens with zero attached hydrogens (tertiary/aromatic N) is 1. The zero-order chi connectivity index (χ0) is 10.8. The summed E-state index contributed by atoms with van der Waals surface area (Å²) < 4.78 is 0. The lowest BCUT2D eigenvalue weighted by atomic mass is 9.81. The normalized spacial score (nSPS) is 25.1. The van der Waals surface area contributed by atoms with Crippen molar-refractivity contribution in [2.24, 2.45) is 5.92 Å². The summed E-state index contributed by atoms with van der Waals surface area (Å²) in [5, 5.41) is 0. The second-order valence-corrected chi connectivity index (χ2v) is 4.70. The Hall–Kier alpha value is -0.890. The Bertz CT molecular complexity index is 319. The summed E-state index contributed by atoms with van der Waals surface area (Å²) in [6, 6.07) is 0. The molecule has 0 aromatic carbocycles. The Balaban J connectivity index is 2.15. The van der Waals surface area contributed by atoms with E-state index in [1.54, 1.807) is 0 Å². The highest BCUT2D eigenvalue weighted by molar-refractivity contribution is 5.99. The molecule has 1 saturated heterocycles. The highest BCUT2D eigenvalue weighted by Crippen LogP contribution is 2.30. The highest BCUT2D eigenvalue weighted by atomic mass is 16.1. The Morgan fingerprint density at radius 3 is 2.60 bits per heavy atom. The number of rotatable bonds is 1. The maximum atomic E-state index is 11.9. The number of hydrogen-bond donors (Lipinski definition) is 0. The molecule has 2 aliphatic rings. The smallest absolute Gasteiger partial charge is 0.163 e. The van der Waals surface area contributed by atoms with Crippen molar-refractivity contribution in [3.63, 3.8) is 0 Å². The molecule has 1 aliphatic carbocycles. The molecule has 0 radical (unpaired) electrons. The van der Waals surface area contributed by atoms with Crippen LogP contribution in [-0.4, -0.2) is 30.8 Å². The topological polar surface area (TPSA) is 20.3 Å². The van der Waals surface area contributed by atoms with E-state index in [1.807, 2.05) is 6.08 Å². The average Bonchev–Trinajstić information content (AvgIpc) is 2.20. The van der Waals surface area contributed by atoms with E-state index < -0.39 is 0 Å². The first kappa shape index (κ1) is 10.6. The van der Waals surface area contributed by atoms with Crippen LogP contribution in [-0.2, 0) is 4.79 Å².